The first-order chi connectivity index (χ1) is 16.8. The van der Waals surface area contributed by atoms with E-state index in [1.165, 1.54) is 17.7 Å². The number of hydrogen-bond acceptors (Lipinski definition) is 4. The number of benzene rings is 2. The summed E-state index contributed by atoms with van der Waals surface area (Å²) in [6.45, 7) is -0.0228. The fraction of sp³-hybridized carbons (Fsp3) is 0.320. The zero-order chi connectivity index (χ0) is 24.9. The zero-order valence-corrected chi connectivity index (χ0v) is 19.7. The third-order valence-electron chi connectivity index (χ3n) is 6.85. The number of amides is 3. The van der Waals surface area contributed by atoms with Crippen molar-refractivity contribution in [3.8, 4) is 5.75 Å². The number of nitrogens with zero attached hydrogens (tertiary/aromatic N) is 2. The van der Waals surface area contributed by atoms with Gasteiger partial charge in [0.2, 0.25) is 11.8 Å². The Hall–Kier alpha value is -3.59. The quantitative estimate of drug-likeness (QED) is 0.544. The van der Waals surface area contributed by atoms with E-state index in [1.54, 1.807) is 41.4 Å². The highest BCUT2D eigenvalue weighted by atomic mass is 35.5. The Morgan fingerprint density at radius 1 is 1.20 bits per heavy atom. The van der Waals surface area contributed by atoms with Gasteiger partial charge in [0.05, 0.1) is 24.1 Å². The van der Waals surface area contributed by atoms with Crippen LogP contribution in [0.5, 0.6) is 5.75 Å². The minimum Gasteiger partial charge on any atom is -0.497 e. The maximum atomic E-state index is 14.2. The van der Waals surface area contributed by atoms with Crippen LogP contribution in [0.25, 0.3) is 10.9 Å². The molecule has 3 aromatic rings. The largest absolute Gasteiger partial charge is 0.497 e. The first-order valence-corrected chi connectivity index (χ1v) is 11.7. The van der Waals surface area contributed by atoms with Crippen LogP contribution in [0, 0.1) is 11.7 Å². The maximum Gasteiger partial charge on any atom is 0.323 e. The van der Waals surface area contributed by atoms with Gasteiger partial charge in [-0.25, -0.2) is 9.18 Å². The molecule has 0 unspecified atom stereocenters. The fourth-order valence-corrected chi connectivity index (χ4v) is 5.21. The summed E-state index contributed by atoms with van der Waals surface area (Å²) in [7, 11) is 1.53. The number of carbonyl (C=O) groups excluding carboxylic acids is 3. The molecule has 2 aliphatic rings. The van der Waals surface area contributed by atoms with Crippen molar-refractivity contribution < 1.29 is 23.5 Å². The number of carbonyl (C=O) groups is 3. The highest BCUT2D eigenvalue weighted by Crippen LogP contribution is 2.48. The summed E-state index contributed by atoms with van der Waals surface area (Å²) in [5, 5.41) is 3.42. The lowest BCUT2D eigenvalue weighted by atomic mass is 10.1. The van der Waals surface area contributed by atoms with Gasteiger partial charge in [0, 0.05) is 29.7 Å². The molecule has 10 heteroatoms. The first-order valence-electron chi connectivity index (χ1n) is 11.3. The van der Waals surface area contributed by atoms with Gasteiger partial charge in [0.15, 0.2) is 0 Å². The Balaban J connectivity index is 1.35. The van der Waals surface area contributed by atoms with E-state index in [2.05, 4.69) is 5.32 Å². The van der Waals surface area contributed by atoms with Gasteiger partial charge < -0.3 is 20.7 Å². The number of ether oxygens (including phenoxy) is 1. The molecule has 1 aromatic heterocycles. The van der Waals surface area contributed by atoms with E-state index in [1.807, 2.05) is 0 Å². The van der Waals surface area contributed by atoms with Crippen LogP contribution in [0.4, 0.5) is 9.18 Å². The summed E-state index contributed by atoms with van der Waals surface area (Å²) in [5.41, 5.74) is 6.99. The Bertz CT molecular complexity index is 1360. The van der Waals surface area contributed by atoms with Crippen LogP contribution in [0.3, 0.4) is 0 Å². The number of nitrogens with one attached hydrogen (secondary N) is 1. The second kappa shape index (κ2) is 8.88. The van der Waals surface area contributed by atoms with Crippen molar-refractivity contribution in [2.45, 2.75) is 37.9 Å². The van der Waals surface area contributed by atoms with Gasteiger partial charge >= 0.3 is 6.03 Å². The van der Waals surface area contributed by atoms with Crippen molar-refractivity contribution in [2.24, 2.45) is 11.7 Å². The third kappa shape index (κ3) is 4.20. The molecule has 3 amide bonds. The van der Waals surface area contributed by atoms with E-state index >= 15 is 0 Å². The second-order valence-corrected chi connectivity index (χ2v) is 9.38. The molecule has 5 rings (SSSR count). The molecule has 1 aliphatic carbocycles. The van der Waals surface area contributed by atoms with Gasteiger partial charge in [-0.1, -0.05) is 23.7 Å². The van der Waals surface area contributed by atoms with Crippen molar-refractivity contribution in [2.75, 3.05) is 7.11 Å². The van der Waals surface area contributed by atoms with Crippen LogP contribution in [0.15, 0.2) is 42.6 Å². The number of primary amides is 1. The predicted octanol–water partition coefficient (Wildman–Crippen LogP) is 3.22. The average molecular weight is 499 g/mol. The lowest BCUT2D eigenvalue weighted by Gasteiger charge is -2.27. The van der Waals surface area contributed by atoms with Gasteiger partial charge in [0.25, 0.3) is 0 Å². The average Bonchev–Trinajstić information content (AvgIpc) is 3.35. The number of fused-ring (bicyclic) bond motifs is 2. The van der Waals surface area contributed by atoms with E-state index in [0.29, 0.717) is 28.6 Å². The molecular formula is C25H24ClFN4O4. The number of methoxy groups -OCH3 is 1. The summed E-state index contributed by atoms with van der Waals surface area (Å²) in [6, 6.07) is 8.52. The number of likely N-dealkylation sites (tertiary alicyclic amines) is 1. The number of nitrogens with two attached hydrogens (primary N) is 1. The summed E-state index contributed by atoms with van der Waals surface area (Å²) in [5.74, 6) is -0.244. The van der Waals surface area contributed by atoms with Gasteiger partial charge in [0.1, 0.15) is 17.6 Å². The van der Waals surface area contributed by atoms with Gasteiger partial charge in [-0.3, -0.25) is 14.2 Å². The Morgan fingerprint density at radius 2 is 2.00 bits per heavy atom. The van der Waals surface area contributed by atoms with E-state index in [9.17, 15) is 18.8 Å². The van der Waals surface area contributed by atoms with Crippen LogP contribution in [0.2, 0.25) is 5.02 Å². The molecule has 1 saturated heterocycles. The minimum atomic E-state index is -0.659. The van der Waals surface area contributed by atoms with E-state index in [-0.39, 0.29) is 47.3 Å². The Labute approximate surface area is 205 Å². The number of aromatic nitrogens is 1. The van der Waals surface area contributed by atoms with Gasteiger partial charge in [-0.2, -0.15) is 0 Å². The molecule has 0 spiro atoms. The number of rotatable bonds is 6. The molecular weight excluding hydrogens is 475 g/mol. The molecule has 2 fully saturated rings. The lowest BCUT2D eigenvalue weighted by Crippen LogP contribution is -2.48. The molecule has 0 bridgehead atoms. The minimum absolute atomic E-state index is 0.000130. The van der Waals surface area contributed by atoms with Crippen molar-refractivity contribution in [3.05, 3.63) is 64.6 Å². The maximum absolute atomic E-state index is 14.2. The molecule has 1 aliphatic heterocycles. The molecule has 8 nitrogen and oxygen atoms in total. The SMILES string of the molecule is COc1ccc2c(c1)c(CC(=O)N1[C@@H]3C[C@@H]3C[C@H]1C(=O)NCc1cccc(Cl)c1F)cn2C(N)=O. The van der Waals surface area contributed by atoms with Crippen LogP contribution in [-0.4, -0.2) is 46.5 Å². The number of piperidine rings is 1. The smallest absolute Gasteiger partial charge is 0.323 e. The zero-order valence-electron chi connectivity index (χ0n) is 19.0. The number of halogens is 2. The van der Waals surface area contributed by atoms with E-state index in [0.717, 1.165) is 6.42 Å². The van der Waals surface area contributed by atoms with Crippen LogP contribution >= 0.6 is 11.6 Å². The van der Waals surface area contributed by atoms with Crippen LogP contribution < -0.4 is 15.8 Å². The van der Waals surface area contributed by atoms with Crippen molar-refractivity contribution in [3.63, 3.8) is 0 Å². The second-order valence-electron chi connectivity index (χ2n) is 8.97. The van der Waals surface area contributed by atoms with Gasteiger partial charge in [-0.15, -0.1) is 0 Å². The predicted molar refractivity (Wildman–Crippen MR) is 128 cm³/mol. The molecule has 3 atom stereocenters. The van der Waals surface area contributed by atoms with E-state index in [4.69, 9.17) is 22.1 Å². The summed E-state index contributed by atoms with van der Waals surface area (Å²) in [6.07, 6.45) is 2.98. The van der Waals surface area contributed by atoms with Crippen LogP contribution in [0.1, 0.15) is 24.0 Å². The normalized spacial score (nSPS) is 20.5. The molecule has 2 aromatic carbocycles. The molecule has 2 heterocycles. The third-order valence-corrected chi connectivity index (χ3v) is 7.14. The highest BCUT2D eigenvalue weighted by molar-refractivity contribution is 6.30. The summed E-state index contributed by atoms with van der Waals surface area (Å²) >= 11 is 5.83. The Kier molecular flexibility index (Phi) is 5.88. The molecule has 3 N–H and O–H groups in total. The Morgan fingerprint density at radius 3 is 2.74 bits per heavy atom. The number of hydrogen-bond donors (Lipinski definition) is 2. The molecule has 0 radical (unpaired) electrons. The molecule has 1 saturated carbocycles. The van der Waals surface area contributed by atoms with E-state index < -0.39 is 17.9 Å². The van der Waals surface area contributed by atoms with Crippen molar-refractivity contribution in [1.29, 1.82) is 0 Å². The molecule has 35 heavy (non-hydrogen) atoms. The first kappa shape index (κ1) is 23.2. The monoisotopic (exact) mass is 498 g/mol. The highest BCUT2D eigenvalue weighted by Gasteiger charge is 2.55. The molecule has 182 valence electrons. The standard InChI is InChI=1S/C25H24ClFN4O4/c1-35-16-5-6-19-17(10-16)15(12-30(19)25(28)34)9-22(32)31-20-7-14(20)8-21(31)24(33)29-11-13-3-2-4-18(26)23(13)27/h2-6,10,12,14,20-21H,7-9,11H2,1H3,(H2,28,34)(H,29,33)/t14-,20-,21+/m1/s1. The van der Waals surface area contributed by atoms with Crippen molar-refractivity contribution >= 4 is 40.3 Å². The topological polar surface area (TPSA) is 107 Å². The van der Waals surface area contributed by atoms with Crippen molar-refractivity contribution in [1.82, 2.24) is 14.8 Å². The van der Waals surface area contributed by atoms with Crippen LogP contribution in [-0.2, 0) is 22.6 Å². The summed E-state index contributed by atoms with van der Waals surface area (Å²) < 4.78 is 20.8. The summed E-state index contributed by atoms with van der Waals surface area (Å²) in [4.78, 5) is 40.0. The fourth-order valence-electron chi connectivity index (χ4n) is 5.02. The lowest BCUT2D eigenvalue weighted by molar-refractivity contribution is -0.139. The van der Waals surface area contributed by atoms with Gasteiger partial charge in [-0.05, 0) is 48.6 Å².